The molecule has 3 heteroatoms. The van der Waals surface area contributed by atoms with Gasteiger partial charge in [-0.25, -0.2) is 0 Å². The summed E-state index contributed by atoms with van der Waals surface area (Å²) >= 11 is 0. The molecule has 3 nitrogen and oxygen atoms in total. The number of hydrogen-bond donors (Lipinski definition) is 1. The van der Waals surface area contributed by atoms with Crippen molar-refractivity contribution in [2.75, 3.05) is 40.8 Å². The predicted octanol–water partition coefficient (Wildman–Crippen LogP) is 2.61. The van der Waals surface area contributed by atoms with Crippen molar-refractivity contribution in [1.29, 1.82) is 0 Å². The van der Waals surface area contributed by atoms with E-state index in [-0.39, 0.29) is 0 Å². The lowest BCUT2D eigenvalue weighted by molar-refractivity contribution is 0.125. The van der Waals surface area contributed by atoms with E-state index < -0.39 is 0 Å². The van der Waals surface area contributed by atoms with E-state index in [2.05, 4.69) is 73.5 Å². The molecule has 1 aliphatic heterocycles. The van der Waals surface area contributed by atoms with Gasteiger partial charge in [-0.2, -0.15) is 0 Å². The summed E-state index contributed by atoms with van der Waals surface area (Å²) < 4.78 is 0. The minimum absolute atomic E-state index is 0.442. The fourth-order valence-electron chi connectivity index (χ4n) is 3.57. The number of nitrogens with one attached hydrogen (secondary N) is 1. The third-order valence-corrected chi connectivity index (χ3v) is 4.87. The summed E-state index contributed by atoms with van der Waals surface area (Å²) in [5.41, 5.74) is 1.40. The van der Waals surface area contributed by atoms with Crippen LogP contribution in [0.2, 0.25) is 0 Å². The second-order valence-corrected chi connectivity index (χ2v) is 6.65. The highest BCUT2D eigenvalue weighted by Gasteiger charge is 2.24. The number of likely N-dealkylation sites (tertiary alicyclic amines) is 1. The standard InChI is InChI=1S/C18H31N3/c1-15(18(19-2)16-8-6-5-7-9-16)14-21-12-10-17(11-13-21)20(3)4/h5-9,15,17-19H,10-14H2,1-4H3/t15-,18+/m0/s1. The molecular weight excluding hydrogens is 258 g/mol. The first kappa shape index (κ1) is 16.5. The quantitative estimate of drug-likeness (QED) is 0.868. The summed E-state index contributed by atoms with van der Waals surface area (Å²) in [6.07, 6.45) is 2.60. The molecule has 1 aromatic carbocycles. The molecule has 0 unspecified atom stereocenters. The number of hydrogen-bond acceptors (Lipinski definition) is 3. The van der Waals surface area contributed by atoms with Crippen LogP contribution in [0.1, 0.15) is 31.4 Å². The van der Waals surface area contributed by atoms with Gasteiger partial charge < -0.3 is 15.1 Å². The summed E-state index contributed by atoms with van der Waals surface area (Å²) in [5, 5.41) is 3.50. The molecule has 1 heterocycles. The fourth-order valence-corrected chi connectivity index (χ4v) is 3.57. The molecule has 1 saturated heterocycles. The number of benzene rings is 1. The van der Waals surface area contributed by atoms with Gasteiger partial charge in [0.1, 0.15) is 0 Å². The molecule has 0 bridgehead atoms. The van der Waals surface area contributed by atoms with Crippen LogP contribution in [0.5, 0.6) is 0 Å². The zero-order valence-corrected chi connectivity index (χ0v) is 14.0. The maximum Gasteiger partial charge on any atom is 0.0355 e. The monoisotopic (exact) mass is 289 g/mol. The fraction of sp³-hybridized carbons (Fsp3) is 0.667. The number of rotatable bonds is 6. The molecule has 1 aliphatic rings. The minimum atomic E-state index is 0.442. The van der Waals surface area contributed by atoms with Crippen molar-refractivity contribution in [3.05, 3.63) is 35.9 Å². The maximum atomic E-state index is 3.50. The lowest BCUT2D eigenvalue weighted by atomic mass is 9.93. The van der Waals surface area contributed by atoms with Crippen LogP contribution in [-0.2, 0) is 0 Å². The lowest BCUT2D eigenvalue weighted by Crippen LogP contribution is -2.44. The summed E-state index contributed by atoms with van der Waals surface area (Å²) in [6, 6.07) is 12.0. The van der Waals surface area contributed by atoms with E-state index in [1.165, 1.54) is 38.0 Å². The minimum Gasteiger partial charge on any atom is -0.313 e. The summed E-state index contributed by atoms with van der Waals surface area (Å²) in [4.78, 5) is 5.01. The molecule has 0 spiro atoms. The van der Waals surface area contributed by atoms with E-state index in [1.807, 2.05) is 0 Å². The van der Waals surface area contributed by atoms with E-state index in [0.717, 1.165) is 6.04 Å². The normalized spacial score (nSPS) is 20.6. The third-order valence-electron chi connectivity index (χ3n) is 4.87. The number of nitrogens with zero attached hydrogens (tertiary/aromatic N) is 2. The molecule has 0 aromatic heterocycles. The summed E-state index contributed by atoms with van der Waals surface area (Å²) in [5.74, 6) is 0.619. The van der Waals surface area contributed by atoms with Gasteiger partial charge in [0, 0.05) is 18.6 Å². The summed E-state index contributed by atoms with van der Waals surface area (Å²) in [6.45, 7) is 6.02. The Balaban J connectivity index is 1.87. The molecule has 0 aliphatic carbocycles. The SMILES string of the molecule is CN[C@@H](c1ccccc1)[C@@H](C)CN1CCC(N(C)C)CC1. The maximum absolute atomic E-state index is 3.50. The Bertz CT molecular complexity index is 396. The Kier molecular flexibility index (Phi) is 6.22. The van der Waals surface area contributed by atoms with Crippen molar-refractivity contribution >= 4 is 0 Å². The van der Waals surface area contributed by atoms with Crippen LogP contribution in [0.15, 0.2) is 30.3 Å². The van der Waals surface area contributed by atoms with Crippen LogP contribution in [0, 0.1) is 5.92 Å². The summed E-state index contributed by atoms with van der Waals surface area (Å²) in [7, 11) is 6.48. The van der Waals surface area contributed by atoms with E-state index in [0.29, 0.717) is 12.0 Å². The molecule has 2 atom stereocenters. The average molecular weight is 289 g/mol. The highest BCUT2D eigenvalue weighted by atomic mass is 15.2. The van der Waals surface area contributed by atoms with Crippen LogP contribution in [0.25, 0.3) is 0 Å². The molecule has 118 valence electrons. The molecule has 21 heavy (non-hydrogen) atoms. The van der Waals surface area contributed by atoms with Gasteiger partial charge in [0.2, 0.25) is 0 Å². The molecule has 1 fully saturated rings. The Morgan fingerprint density at radius 2 is 1.81 bits per heavy atom. The largest absolute Gasteiger partial charge is 0.313 e. The van der Waals surface area contributed by atoms with Crippen molar-refractivity contribution in [2.24, 2.45) is 5.92 Å². The van der Waals surface area contributed by atoms with Crippen LogP contribution in [0.4, 0.5) is 0 Å². The van der Waals surface area contributed by atoms with E-state index in [1.54, 1.807) is 0 Å². The van der Waals surface area contributed by atoms with Gasteiger partial charge >= 0.3 is 0 Å². The van der Waals surface area contributed by atoms with E-state index in [4.69, 9.17) is 0 Å². The first-order valence-electron chi connectivity index (χ1n) is 8.22. The van der Waals surface area contributed by atoms with Gasteiger partial charge in [-0.05, 0) is 58.6 Å². The highest BCUT2D eigenvalue weighted by Crippen LogP contribution is 2.24. The number of piperidine rings is 1. The van der Waals surface area contributed by atoms with E-state index >= 15 is 0 Å². The van der Waals surface area contributed by atoms with Crippen molar-refractivity contribution in [3.63, 3.8) is 0 Å². The van der Waals surface area contributed by atoms with Gasteiger partial charge in [0.25, 0.3) is 0 Å². The van der Waals surface area contributed by atoms with Crippen LogP contribution < -0.4 is 5.32 Å². The Hall–Kier alpha value is -0.900. The zero-order chi connectivity index (χ0) is 15.2. The zero-order valence-electron chi connectivity index (χ0n) is 14.0. The molecule has 0 radical (unpaired) electrons. The average Bonchev–Trinajstić information content (AvgIpc) is 2.49. The van der Waals surface area contributed by atoms with Gasteiger partial charge in [-0.15, -0.1) is 0 Å². The Morgan fingerprint density at radius 1 is 1.19 bits per heavy atom. The molecule has 1 aromatic rings. The lowest BCUT2D eigenvalue weighted by Gasteiger charge is -2.37. The second kappa shape index (κ2) is 7.92. The van der Waals surface area contributed by atoms with Crippen molar-refractivity contribution in [2.45, 2.75) is 31.8 Å². The second-order valence-electron chi connectivity index (χ2n) is 6.65. The Labute approximate surface area is 130 Å². The van der Waals surface area contributed by atoms with E-state index in [9.17, 15) is 0 Å². The first-order valence-corrected chi connectivity index (χ1v) is 8.22. The molecule has 1 N–H and O–H groups in total. The van der Waals surface area contributed by atoms with Gasteiger partial charge in [-0.1, -0.05) is 37.3 Å². The van der Waals surface area contributed by atoms with Crippen molar-refractivity contribution < 1.29 is 0 Å². The molecular formula is C18H31N3. The van der Waals surface area contributed by atoms with Gasteiger partial charge in [0.05, 0.1) is 0 Å². The van der Waals surface area contributed by atoms with Crippen molar-refractivity contribution in [3.8, 4) is 0 Å². The molecule has 0 amide bonds. The van der Waals surface area contributed by atoms with Gasteiger partial charge in [-0.3, -0.25) is 0 Å². The predicted molar refractivity (Wildman–Crippen MR) is 90.6 cm³/mol. The Morgan fingerprint density at radius 3 is 2.33 bits per heavy atom. The van der Waals surface area contributed by atoms with Crippen LogP contribution in [0.3, 0.4) is 0 Å². The van der Waals surface area contributed by atoms with Crippen LogP contribution >= 0.6 is 0 Å². The molecule has 0 saturated carbocycles. The van der Waals surface area contributed by atoms with Crippen molar-refractivity contribution in [1.82, 2.24) is 15.1 Å². The first-order chi connectivity index (χ1) is 10.1. The topological polar surface area (TPSA) is 18.5 Å². The van der Waals surface area contributed by atoms with Crippen LogP contribution in [-0.4, -0.2) is 56.6 Å². The third kappa shape index (κ3) is 4.53. The smallest absolute Gasteiger partial charge is 0.0355 e. The molecule has 2 rings (SSSR count). The van der Waals surface area contributed by atoms with Gasteiger partial charge in [0.15, 0.2) is 0 Å². The highest BCUT2D eigenvalue weighted by molar-refractivity contribution is 5.19.